The average molecular weight is 235 g/mol. The van der Waals surface area contributed by atoms with E-state index >= 15 is 0 Å². The zero-order valence-corrected chi connectivity index (χ0v) is 11.0. The molecular weight excluding hydrogens is 214 g/mol. The Morgan fingerprint density at radius 2 is 1.82 bits per heavy atom. The molecule has 1 unspecified atom stereocenters. The van der Waals surface area contributed by atoms with Gasteiger partial charge in [-0.25, -0.2) is 4.79 Å². The fourth-order valence-corrected chi connectivity index (χ4v) is 2.23. The molecule has 94 valence electrons. The van der Waals surface area contributed by atoms with Crippen molar-refractivity contribution in [1.29, 1.82) is 0 Å². The summed E-state index contributed by atoms with van der Waals surface area (Å²) in [6.45, 7) is 6.59. The Balaban J connectivity index is 3.31. The molecule has 0 amide bonds. The first-order chi connectivity index (χ1) is 7.98. The van der Waals surface area contributed by atoms with Crippen LogP contribution in [0.4, 0.5) is 0 Å². The number of aryl methyl sites for hydroxylation is 1. The molecule has 3 nitrogen and oxygen atoms in total. The monoisotopic (exact) mass is 235 g/mol. The Hall–Kier alpha value is -1.35. The van der Waals surface area contributed by atoms with Crippen molar-refractivity contribution in [2.75, 3.05) is 13.6 Å². The molecule has 1 atom stereocenters. The number of carbonyl (C=O) groups is 1. The number of carboxylic acid groups (broad SMARTS) is 1. The zero-order chi connectivity index (χ0) is 13.1. The number of hydrogen-bond acceptors (Lipinski definition) is 2. The highest BCUT2D eigenvalue weighted by Crippen LogP contribution is 2.31. The molecule has 1 aromatic carbocycles. The van der Waals surface area contributed by atoms with Crippen molar-refractivity contribution < 1.29 is 9.90 Å². The third-order valence-corrected chi connectivity index (χ3v) is 3.52. The molecule has 0 radical (unpaired) electrons. The first-order valence-electron chi connectivity index (χ1n) is 6.00. The summed E-state index contributed by atoms with van der Waals surface area (Å²) in [4.78, 5) is 13.6. The van der Waals surface area contributed by atoms with Crippen LogP contribution in [0.15, 0.2) is 24.3 Å². The quantitative estimate of drug-likeness (QED) is 0.853. The van der Waals surface area contributed by atoms with Crippen LogP contribution in [0.2, 0.25) is 0 Å². The number of benzene rings is 1. The number of carboxylic acids is 1. The Morgan fingerprint density at radius 1 is 1.29 bits per heavy atom. The highest BCUT2D eigenvalue weighted by atomic mass is 16.4. The smallest absolute Gasteiger partial charge is 0.328 e. The van der Waals surface area contributed by atoms with Gasteiger partial charge in [-0.1, -0.05) is 43.7 Å². The van der Waals surface area contributed by atoms with Crippen molar-refractivity contribution in [2.24, 2.45) is 0 Å². The molecule has 1 aromatic rings. The topological polar surface area (TPSA) is 40.5 Å². The second kappa shape index (κ2) is 5.32. The molecule has 0 saturated carbocycles. The summed E-state index contributed by atoms with van der Waals surface area (Å²) < 4.78 is 0. The van der Waals surface area contributed by atoms with E-state index in [4.69, 9.17) is 0 Å². The predicted octanol–water partition coefficient (Wildman–Crippen LogP) is 2.64. The van der Waals surface area contributed by atoms with Crippen molar-refractivity contribution in [3.63, 3.8) is 0 Å². The molecule has 0 bridgehead atoms. The van der Waals surface area contributed by atoms with E-state index in [0.717, 1.165) is 11.1 Å². The van der Waals surface area contributed by atoms with E-state index in [1.54, 1.807) is 0 Å². The molecule has 0 aromatic heterocycles. The van der Waals surface area contributed by atoms with Crippen LogP contribution in [0.1, 0.15) is 31.4 Å². The molecule has 0 aliphatic heterocycles. The summed E-state index contributed by atoms with van der Waals surface area (Å²) in [6, 6.07) is 7.76. The van der Waals surface area contributed by atoms with E-state index in [0.29, 0.717) is 13.0 Å². The standard InChI is InChI=1S/C14H21NO2/c1-5-14(13(16)17,15(4)6-2)12-9-7-11(3)8-10-12/h7-10H,5-6H2,1-4H3,(H,16,17). The first-order valence-corrected chi connectivity index (χ1v) is 6.00. The molecule has 0 fully saturated rings. The lowest BCUT2D eigenvalue weighted by Crippen LogP contribution is -2.49. The molecule has 3 heteroatoms. The van der Waals surface area contributed by atoms with Gasteiger partial charge in [0.2, 0.25) is 0 Å². The van der Waals surface area contributed by atoms with Gasteiger partial charge in [-0.3, -0.25) is 4.90 Å². The summed E-state index contributed by atoms with van der Waals surface area (Å²) in [6.07, 6.45) is 0.551. The largest absolute Gasteiger partial charge is 0.480 e. The molecule has 0 heterocycles. The summed E-state index contributed by atoms with van der Waals surface area (Å²) in [5.41, 5.74) is 1.08. The van der Waals surface area contributed by atoms with Crippen LogP contribution < -0.4 is 0 Å². The van der Waals surface area contributed by atoms with E-state index in [2.05, 4.69) is 0 Å². The minimum Gasteiger partial charge on any atom is -0.480 e. The van der Waals surface area contributed by atoms with Gasteiger partial charge in [0.1, 0.15) is 5.54 Å². The maximum absolute atomic E-state index is 11.7. The molecule has 1 N–H and O–H groups in total. The molecular formula is C14H21NO2. The van der Waals surface area contributed by atoms with Gasteiger partial charge < -0.3 is 5.11 Å². The van der Waals surface area contributed by atoms with Crippen molar-refractivity contribution >= 4 is 5.97 Å². The van der Waals surface area contributed by atoms with Crippen LogP contribution in [0.25, 0.3) is 0 Å². The molecule has 0 saturated heterocycles. The van der Waals surface area contributed by atoms with Gasteiger partial charge in [-0.2, -0.15) is 0 Å². The molecule has 0 spiro atoms. The SMILES string of the molecule is CCN(C)C(CC)(C(=O)O)c1ccc(C)cc1. The molecule has 1 rings (SSSR count). The van der Waals surface area contributed by atoms with Crippen LogP contribution >= 0.6 is 0 Å². The number of aliphatic carboxylic acids is 1. The van der Waals surface area contributed by atoms with E-state index in [9.17, 15) is 9.90 Å². The molecule has 0 aliphatic rings. The van der Waals surface area contributed by atoms with Gasteiger partial charge in [0.25, 0.3) is 0 Å². The minimum atomic E-state index is -0.914. The second-order valence-electron chi connectivity index (χ2n) is 4.40. The number of nitrogens with zero attached hydrogens (tertiary/aromatic N) is 1. The van der Waals surface area contributed by atoms with Crippen molar-refractivity contribution in [3.8, 4) is 0 Å². The minimum absolute atomic E-state index is 0.551. The van der Waals surface area contributed by atoms with Crippen molar-refractivity contribution in [1.82, 2.24) is 4.90 Å². The number of likely N-dealkylation sites (N-methyl/N-ethyl adjacent to an activating group) is 1. The van der Waals surface area contributed by atoms with Crippen LogP contribution in [0.5, 0.6) is 0 Å². The fraction of sp³-hybridized carbons (Fsp3) is 0.500. The third-order valence-electron chi connectivity index (χ3n) is 3.52. The highest BCUT2D eigenvalue weighted by Gasteiger charge is 2.41. The highest BCUT2D eigenvalue weighted by molar-refractivity contribution is 5.80. The van der Waals surface area contributed by atoms with Crippen molar-refractivity contribution in [2.45, 2.75) is 32.7 Å². The zero-order valence-electron chi connectivity index (χ0n) is 11.0. The second-order valence-corrected chi connectivity index (χ2v) is 4.40. The third kappa shape index (κ3) is 2.34. The lowest BCUT2D eigenvalue weighted by Gasteiger charge is -2.37. The van der Waals surface area contributed by atoms with Gasteiger partial charge in [0.15, 0.2) is 0 Å². The summed E-state index contributed by atoms with van der Waals surface area (Å²) in [7, 11) is 1.86. The summed E-state index contributed by atoms with van der Waals surface area (Å²) in [5, 5.41) is 9.61. The van der Waals surface area contributed by atoms with Crippen LogP contribution in [0, 0.1) is 6.92 Å². The van der Waals surface area contributed by atoms with Gasteiger partial charge in [-0.15, -0.1) is 0 Å². The Kier molecular flexibility index (Phi) is 4.29. The van der Waals surface area contributed by atoms with Crippen molar-refractivity contribution in [3.05, 3.63) is 35.4 Å². The van der Waals surface area contributed by atoms with Crippen LogP contribution in [-0.2, 0) is 10.3 Å². The van der Waals surface area contributed by atoms with Gasteiger partial charge in [-0.05, 0) is 32.5 Å². The number of hydrogen-bond donors (Lipinski definition) is 1. The maximum Gasteiger partial charge on any atom is 0.328 e. The van der Waals surface area contributed by atoms with E-state index < -0.39 is 11.5 Å². The Bertz CT molecular complexity index is 386. The Morgan fingerprint density at radius 3 is 2.18 bits per heavy atom. The number of rotatable bonds is 5. The normalized spacial score (nSPS) is 14.6. The lowest BCUT2D eigenvalue weighted by atomic mass is 9.85. The molecule has 0 aliphatic carbocycles. The lowest BCUT2D eigenvalue weighted by molar-refractivity contribution is -0.151. The van der Waals surface area contributed by atoms with Gasteiger partial charge in [0, 0.05) is 0 Å². The maximum atomic E-state index is 11.7. The van der Waals surface area contributed by atoms with Crippen LogP contribution in [-0.4, -0.2) is 29.6 Å². The van der Waals surface area contributed by atoms with Crippen LogP contribution in [0.3, 0.4) is 0 Å². The predicted molar refractivity (Wildman–Crippen MR) is 69.1 cm³/mol. The fourth-order valence-electron chi connectivity index (χ4n) is 2.23. The van der Waals surface area contributed by atoms with E-state index in [1.807, 2.05) is 57.0 Å². The Labute approximate surface area is 103 Å². The van der Waals surface area contributed by atoms with E-state index in [-0.39, 0.29) is 0 Å². The van der Waals surface area contributed by atoms with Gasteiger partial charge in [0.05, 0.1) is 0 Å². The summed E-state index contributed by atoms with van der Waals surface area (Å²) in [5.74, 6) is -0.784. The van der Waals surface area contributed by atoms with E-state index in [1.165, 1.54) is 0 Å². The molecule has 17 heavy (non-hydrogen) atoms. The van der Waals surface area contributed by atoms with Gasteiger partial charge >= 0.3 is 5.97 Å². The average Bonchev–Trinajstić information content (AvgIpc) is 2.32. The first kappa shape index (κ1) is 13.7. The summed E-state index contributed by atoms with van der Waals surface area (Å²) >= 11 is 0.